The lowest BCUT2D eigenvalue weighted by Crippen LogP contribution is -2.50. The monoisotopic (exact) mass is 447 g/mol. The zero-order valence-corrected chi connectivity index (χ0v) is 17.1. The van der Waals surface area contributed by atoms with Crippen molar-refractivity contribution in [3.8, 4) is 5.69 Å². The van der Waals surface area contributed by atoms with Crippen molar-refractivity contribution >= 4 is 11.7 Å². The predicted octanol–water partition coefficient (Wildman–Crippen LogP) is 2.69. The largest absolute Gasteiger partial charge is 0.433 e. The Morgan fingerprint density at radius 3 is 2.75 bits per heavy atom. The number of nitrogens with one attached hydrogen (secondary N) is 1. The van der Waals surface area contributed by atoms with Crippen LogP contribution in [0, 0.1) is 6.92 Å². The van der Waals surface area contributed by atoms with E-state index >= 15 is 0 Å². The van der Waals surface area contributed by atoms with E-state index in [0.717, 1.165) is 18.0 Å². The van der Waals surface area contributed by atoms with Crippen LogP contribution >= 0.6 is 0 Å². The Hall–Kier alpha value is -3.54. The Morgan fingerprint density at radius 2 is 2.00 bits per heavy atom. The van der Waals surface area contributed by atoms with Crippen LogP contribution in [0.5, 0.6) is 0 Å². The number of hydrogen-bond donors (Lipinski definition) is 1. The highest BCUT2D eigenvalue weighted by atomic mass is 19.4. The first-order valence-electron chi connectivity index (χ1n) is 9.86. The van der Waals surface area contributed by atoms with E-state index in [-0.39, 0.29) is 18.3 Å². The van der Waals surface area contributed by atoms with Gasteiger partial charge in [-0.3, -0.25) is 4.79 Å². The third kappa shape index (κ3) is 4.69. The molecule has 1 aromatic carbocycles. The molecule has 1 aliphatic rings. The number of alkyl halides is 3. The molecule has 3 heterocycles. The van der Waals surface area contributed by atoms with Crippen molar-refractivity contribution < 1.29 is 22.7 Å². The molecule has 0 aliphatic carbocycles. The van der Waals surface area contributed by atoms with Crippen molar-refractivity contribution in [1.82, 2.24) is 29.9 Å². The van der Waals surface area contributed by atoms with E-state index in [1.807, 2.05) is 13.0 Å². The van der Waals surface area contributed by atoms with Crippen LogP contribution in [0.4, 0.5) is 19.0 Å². The minimum atomic E-state index is -4.58. The van der Waals surface area contributed by atoms with Gasteiger partial charge in [-0.15, -0.1) is 0 Å². The number of carbonyl (C=O) groups is 1. The van der Waals surface area contributed by atoms with Gasteiger partial charge in [0.2, 0.25) is 0 Å². The summed E-state index contributed by atoms with van der Waals surface area (Å²) in [5, 5.41) is 11.0. The van der Waals surface area contributed by atoms with E-state index in [4.69, 9.17) is 4.74 Å². The van der Waals surface area contributed by atoms with Gasteiger partial charge < -0.3 is 15.0 Å². The number of ether oxygens (including phenoxy) is 1. The highest BCUT2D eigenvalue weighted by Crippen LogP contribution is 2.28. The third-order valence-corrected chi connectivity index (χ3v) is 4.89. The molecule has 3 aromatic rings. The van der Waals surface area contributed by atoms with Crippen LogP contribution in [0.3, 0.4) is 0 Å². The number of anilines is 1. The van der Waals surface area contributed by atoms with Gasteiger partial charge in [-0.05, 0) is 25.5 Å². The molecule has 1 N–H and O–H groups in total. The van der Waals surface area contributed by atoms with Gasteiger partial charge in [0.05, 0.1) is 36.8 Å². The highest BCUT2D eigenvalue weighted by molar-refractivity contribution is 5.98. The van der Waals surface area contributed by atoms with Crippen molar-refractivity contribution in [2.45, 2.75) is 25.7 Å². The molecular weight excluding hydrogens is 427 g/mol. The topological polar surface area (TPSA) is 98.1 Å². The minimum Gasteiger partial charge on any atom is -0.365 e. The maximum atomic E-state index is 13.5. The van der Waals surface area contributed by atoms with Gasteiger partial charge in [0.25, 0.3) is 5.91 Å². The van der Waals surface area contributed by atoms with Gasteiger partial charge in [-0.25, -0.2) is 9.97 Å². The molecule has 0 saturated carbocycles. The van der Waals surface area contributed by atoms with Crippen LogP contribution in [-0.2, 0) is 10.9 Å². The summed E-state index contributed by atoms with van der Waals surface area (Å²) in [5.74, 6) is -0.294. The molecular formula is C20H20F3N7O2. The summed E-state index contributed by atoms with van der Waals surface area (Å²) in [7, 11) is 0. The van der Waals surface area contributed by atoms with E-state index in [1.54, 1.807) is 17.0 Å². The van der Waals surface area contributed by atoms with Gasteiger partial charge in [0.1, 0.15) is 24.1 Å². The molecule has 0 radical (unpaired) electrons. The number of halogens is 3. The second-order valence-corrected chi connectivity index (χ2v) is 7.18. The average Bonchev–Trinajstić information content (AvgIpc) is 3.32. The van der Waals surface area contributed by atoms with Crippen molar-refractivity contribution in [3.63, 3.8) is 0 Å². The lowest BCUT2D eigenvalue weighted by molar-refractivity contribution is -0.141. The minimum absolute atomic E-state index is 0.00844. The van der Waals surface area contributed by atoms with Gasteiger partial charge >= 0.3 is 6.18 Å². The van der Waals surface area contributed by atoms with Crippen LogP contribution in [-0.4, -0.2) is 61.7 Å². The Bertz CT molecular complexity index is 1090. The summed E-state index contributed by atoms with van der Waals surface area (Å²) in [6.07, 6.45) is -0.769. The molecule has 0 bridgehead atoms. The normalized spacial score (nSPS) is 16.8. The molecule has 1 saturated heterocycles. The zero-order valence-electron chi connectivity index (χ0n) is 17.1. The molecule has 1 unspecified atom stereocenters. The molecule has 168 valence electrons. The summed E-state index contributed by atoms with van der Waals surface area (Å²) >= 11 is 0. The zero-order chi connectivity index (χ0) is 22.7. The standard InChI is InChI=1S/C20H20F3N7O2/c1-13-3-4-15(30-27-5-6-28-30)14(9-13)19(31)29-7-2-8-32-18(29)11-24-17-10-16(20(21,22)23)25-12-26-17/h3-6,9-10,12,18H,2,7-8,11H2,1H3,(H,24,25,26). The fourth-order valence-corrected chi connectivity index (χ4v) is 3.38. The molecule has 32 heavy (non-hydrogen) atoms. The number of benzene rings is 1. The Labute approximate surface area is 181 Å². The van der Waals surface area contributed by atoms with E-state index in [9.17, 15) is 18.0 Å². The van der Waals surface area contributed by atoms with Crippen molar-refractivity contribution in [2.75, 3.05) is 25.0 Å². The predicted molar refractivity (Wildman–Crippen MR) is 107 cm³/mol. The maximum absolute atomic E-state index is 13.5. The van der Waals surface area contributed by atoms with Crippen LogP contribution < -0.4 is 5.32 Å². The van der Waals surface area contributed by atoms with Crippen LogP contribution in [0.15, 0.2) is 43.0 Å². The first-order chi connectivity index (χ1) is 15.3. The highest BCUT2D eigenvalue weighted by Gasteiger charge is 2.33. The lowest BCUT2D eigenvalue weighted by atomic mass is 10.1. The van der Waals surface area contributed by atoms with Gasteiger partial charge in [0, 0.05) is 12.6 Å². The van der Waals surface area contributed by atoms with Crippen molar-refractivity contribution in [1.29, 1.82) is 0 Å². The number of rotatable bonds is 5. The summed E-state index contributed by atoms with van der Waals surface area (Å²) < 4.78 is 44.4. The summed E-state index contributed by atoms with van der Waals surface area (Å²) in [4.78, 5) is 23.4. The molecule has 1 atom stereocenters. The van der Waals surface area contributed by atoms with Crippen molar-refractivity contribution in [3.05, 3.63) is 59.8 Å². The van der Waals surface area contributed by atoms with Gasteiger partial charge in [-0.2, -0.15) is 28.2 Å². The number of amides is 1. The van der Waals surface area contributed by atoms with Gasteiger partial charge in [-0.1, -0.05) is 11.6 Å². The van der Waals surface area contributed by atoms with Crippen LogP contribution in [0.25, 0.3) is 5.69 Å². The Balaban J connectivity index is 1.55. The van der Waals surface area contributed by atoms with Crippen LogP contribution in [0.1, 0.15) is 28.0 Å². The molecule has 9 nitrogen and oxygen atoms in total. The van der Waals surface area contributed by atoms with E-state index < -0.39 is 18.1 Å². The Kier molecular flexibility index (Phi) is 6.04. The number of aryl methyl sites for hydroxylation is 1. The first kappa shape index (κ1) is 21.7. The fourth-order valence-electron chi connectivity index (χ4n) is 3.38. The SMILES string of the molecule is Cc1ccc(-n2nccn2)c(C(=O)N2CCCOC2CNc2cc(C(F)(F)F)ncn2)c1. The number of aromatic nitrogens is 5. The maximum Gasteiger partial charge on any atom is 0.433 e. The number of nitrogens with zero attached hydrogens (tertiary/aromatic N) is 6. The summed E-state index contributed by atoms with van der Waals surface area (Å²) in [6.45, 7) is 2.79. The molecule has 1 amide bonds. The third-order valence-electron chi connectivity index (χ3n) is 4.89. The number of hydrogen-bond acceptors (Lipinski definition) is 7. The molecule has 2 aromatic heterocycles. The summed E-state index contributed by atoms with van der Waals surface area (Å²) in [5.41, 5.74) is 0.757. The quantitative estimate of drug-likeness (QED) is 0.642. The Morgan fingerprint density at radius 1 is 1.22 bits per heavy atom. The lowest BCUT2D eigenvalue weighted by Gasteiger charge is -2.36. The first-order valence-corrected chi connectivity index (χ1v) is 9.86. The molecule has 12 heteroatoms. The molecule has 0 spiro atoms. The fraction of sp³-hybridized carbons (Fsp3) is 0.350. The van der Waals surface area contributed by atoms with E-state index in [1.165, 1.54) is 17.2 Å². The van der Waals surface area contributed by atoms with E-state index in [0.29, 0.717) is 30.8 Å². The number of carbonyl (C=O) groups excluding carboxylic acids is 1. The van der Waals surface area contributed by atoms with Crippen LogP contribution in [0.2, 0.25) is 0 Å². The second kappa shape index (κ2) is 8.91. The average molecular weight is 447 g/mol. The molecule has 1 fully saturated rings. The summed E-state index contributed by atoms with van der Waals surface area (Å²) in [6, 6.07) is 6.19. The molecule has 1 aliphatic heterocycles. The van der Waals surface area contributed by atoms with E-state index in [2.05, 4.69) is 25.5 Å². The van der Waals surface area contributed by atoms with Gasteiger partial charge in [0.15, 0.2) is 0 Å². The second-order valence-electron chi connectivity index (χ2n) is 7.18. The smallest absolute Gasteiger partial charge is 0.365 e. The van der Waals surface area contributed by atoms with Crippen molar-refractivity contribution in [2.24, 2.45) is 0 Å². The molecule has 4 rings (SSSR count).